The molecule has 0 spiro atoms. The summed E-state index contributed by atoms with van der Waals surface area (Å²) in [4.78, 5) is 7.85. The van der Waals surface area contributed by atoms with Crippen LogP contribution in [0.5, 0.6) is 0 Å². The highest BCUT2D eigenvalue weighted by Gasteiger charge is 2.09. The number of nitrogens with one attached hydrogen (secondary N) is 1. The van der Waals surface area contributed by atoms with Crippen molar-refractivity contribution in [2.45, 2.75) is 11.4 Å². The van der Waals surface area contributed by atoms with Gasteiger partial charge in [-0.1, -0.05) is 0 Å². The number of primary sulfonamides is 1. The largest absolute Gasteiger partial charge is 0.397 e. The van der Waals surface area contributed by atoms with E-state index in [0.717, 1.165) is 5.69 Å². The Bertz CT molecular complexity index is 673. The van der Waals surface area contributed by atoms with Gasteiger partial charge in [0.05, 0.1) is 28.5 Å². The first-order chi connectivity index (χ1) is 8.97. The molecule has 0 aliphatic carbocycles. The summed E-state index contributed by atoms with van der Waals surface area (Å²) >= 11 is 0. The Balaban J connectivity index is 2.14. The summed E-state index contributed by atoms with van der Waals surface area (Å²) in [5.74, 6) is 0. The molecule has 0 fully saturated rings. The van der Waals surface area contributed by atoms with E-state index in [-0.39, 0.29) is 4.90 Å². The Morgan fingerprint density at radius 3 is 2.63 bits per heavy atom. The number of nitrogens with two attached hydrogens (primary N) is 2. The topological polar surface area (TPSA) is 124 Å². The first kappa shape index (κ1) is 13.2. The van der Waals surface area contributed by atoms with Crippen LogP contribution in [0.1, 0.15) is 5.69 Å². The van der Waals surface area contributed by atoms with Crippen LogP contribution < -0.4 is 16.2 Å². The Morgan fingerprint density at radius 2 is 2.05 bits per heavy atom. The Labute approximate surface area is 110 Å². The van der Waals surface area contributed by atoms with Gasteiger partial charge in [-0.3, -0.25) is 0 Å². The first-order valence-electron chi connectivity index (χ1n) is 5.38. The van der Waals surface area contributed by atoms with Gasteiger partial charge in [-0.2, -0.15) is 0 Å². The zero-order valence-corrected chi connectivity index (χ0v) is 10.8. The van der Waals surface area contributed by atoms with E-state index in [1.807, 2.05) is 0 Å². The third kappa shape index (κ3) is 3.39. The molecule has 0 radical (unpaired) electrons. The number of anilines is 2. The van der Waals surface area contributed by atoms with E-state index in [0.29, 0.717) is 17.9 Å². The van der Waals surface area contributed by atoms with E-state index in [9.17, 15) is 8.42 Å². The number of aromatic nitrogens is 2. The van der Waals surface area contributed by atoms with Crippen molar-refractivity contribution in [3.8, 4) is 0 Å². The highest BCUT2D eigenvalue weighted by Crippen LogP contribution is 2.22. The normalized spacial score (nSPS) is 11.2. The molecular formula is C11H13N5O2S. The van der Waals surface area contributed by atoms with E-state index in [1.165, 1.54) is 18.5 Å². The highest BCUT2D eigenvalue weighted by molar-refractivity contribution is 7.89. The minimum absolute atomic E-state index is 0.0161. The van der Waals surface area contributed by atoms with Gasteiger partial charge in [-0.15, -0.1) is 0 Å². The van der Waals surface area contributed by atoms with E-state index in [1.54, 1.807) is 18.3 Å². The van der Waals surface area contributed by atoms with Gasteiger partial charge < -0.3 is 11.1 Å². The summed E-state index contributed by atoms with van der Waals surface area (Å²) in [7, 11) is -3.74. The number of nitrogen functional groups attached to an aromatic ring is 1. The molecule has 19 heavy (non-hydrogen) atoms. The average Bonchev–Trinajstić information content (AvgIpc) is 2.37. The number of sulfonamides is 1. The van der Waals surface area contributed by atoms with Crippen LogP contribution in [0.3, 0.4) is 0 Å². The molecule has 1 aromatic carbocycles. The van der Waals surface area contributed by atoms with Crippen LogP contribution in [0, 0.1) is 0 Å². The fourth-order valence-corrected chi connectivity index (χ4v) is 2.04. The minimum atomic E-state index is -3.74. The van der Waals surface area contributed by atoms with Crippen LogP contribution in [-0.4, -0.2) is 18.4 Å². The van der Waals surface area contributed by atoms with Gasteiger partial charge in [-0.25, -0.2) is 23.5 Å². The van der Waals surface area contributed by atoms with Crippen molar-refractivity contribution in [1.82, 2.24) is 9.97 Å². The lowest BCUT2D eigenvalue weighted by molar-refractivity contribution is 0.598. The van der Waals surface area contributed by atoms with Gasteiger partial charge in [0, 0.05) is 6.20 Å². The van der Waals surface area contributed by atoms with Gasteiger partial charge in [0.25, 0.3) is 0 Å². The number of hydrogen-bond acceptors (Lipinski definition) is 6. The minimum Gasteiger partial charge on any atom is -0.397 e. The first-order valence-corrected chi connectivity index (χ1v) is 6.92. The highest BCUT2D eigenvalue weighted by atomic mass is 32.2. The van der Waals surface area contributed by atoms with Crippen molar-refractivity contribution in [1.29, 1.82) is 0 Å². The maximum absolute atomic E-state index is 11.2. The third-order valence-electron chi connectivity index (χ3n) is 2.45. The second-order valence-electron chi connectivity index (χ2n) is 3.85. The SMILES string of the molecule is Nc1cc(S(N)(=O)=O)ccc1NCc1ccncn1. The molecular weight excluding hydrogens is 266 g/mol. The predicted molar refractivity (Wildman–Crippen MR) is 71.6 cm³/mol. The molecule has 7 nitrogen and oxygen atoms in total. The van der Waals surface area contributed by atoms with Crippen LogP contribution in [0.15, 0.2) is 41.7 Å². The van der Waals surface area contributed by atoms with Crippen LogP contribution >= 0.6 is 0 Å². The molecule has 0 amide bonds. The second-order valence-corrected chi connectivity index (χ2v) is 5.41. The molecule has 0 bridgehead atoms. The smallest absolute Gasteiger partial charge is 0.238 e. The monoisotopic (exact) mass is 279 g/mol. The third-order valence-corrected chi connectivity index (χ3v) is 3.37. The lowest BCUT2D eigenvalue weighted by Gasteiger charge is -2.09. The summed E-state index contributed by atoms with van der Waals surface area (Å²) in [5.41, 5.74) is 7.49. The quantitative estimate of drug-likeness (QED) is 0.692. The number of benzene rings is 1. The molecule has 2 aromatic rings. The number of hydrogen-bond donors (Lipinski definition) is 3. The molecule has 0 unspecified atom stereocenters. The summed E-state index contributed by atoms with van der Waals surface area (Å²) in [5, 5.41) is 8.08. The molecule has 0 atom stereocenters. The van der Waals surface area contributed by atoms with E-state index >= 15 is 0 Å². The molecule has 100 valence electrons. The molecule has 0 saturated carbocycles. The van der Waals surface area contributed by atoms with Crippen molar-refractivity contribution < 1.29 is 8.42 Å². The van der Waals surface area contributed by atoms with Gasteiger partial charge in [0.15, 0.2) is 0 Å². The van der Waals surface area contributed by atoms with Crippen molar-refractivity contribution in [2.24, 2.45) is 5.14 Å². The molecule has 8 heteroatoms. The van der Waals surface area contributed by atoms with Crippen molar-refractivity contribution >= 4 is 21.4 Å². The van der Waals surface area contributed by atoms with Crippen LogP contribution in [0.4, 0.5) is 11.4 Å². The Hall–Kier alpha value is -2.19. The molecule has 0 aliphatic heterocycles. The summed E-state index contributed by atoms with van der Waals surface area (Å²) in [6.45, 7) is 0.460. The lowest BCUT2D eigenvalue weighted by Crippen LogP contribution is -2.13. The van der Waals surface area contributed by atoms with E-state index in [2.05, 4.69) is 15.3 Å². The molecule has 1 heterocycles. The number of rotatable bonds is 4. The molecule has 0 saturated heterocycles. The maximum Gasteiger partial charge on any atom is 0.238 e. The van der Waals surface area contributed by atoms with Gasteiger partial charge in [0.1, 0.15) is 6.33 Å². The van der Waals surface area contributed by atoms with E-state index < -0.39 is 10.0 Å². The fourth-order valence-electron chi connectivity index (χ4n) is 1.49. The molecule has 2 rings (SSSR count). The summed E-state index contributed by atoms with van der Waals surface area (Å²) < 4.78 is 22.3. The predicted octanol–water partition coefficient (Wildman–Crippen LogP) is 0.318. The van der Waals surface area contributed by atoms with Crippen LogP contribution in [-0.2, 0) is 16.6 Å². The Kier molecular flexibility index (Phi) is 3.63. The zero-order chi connectivity index (χ0) is 13.9. The van der Waals surface area contributed by atoms with Crippen molar-refractivity contribution in [2.75, 3.05) is 11.1 Å². The molecule has 0 aliphatic rings. The summed E-state index contributed by atoms with van der Waals surface area (Å²) in [6, 6.07) is 6.05. The van der Waals surface area contributed by atoms with E-state index in [4.69, 9.17) is 10.9 Å². The fraction of sp³-hybridized carbons (Fsp3) is 0.0909. The van der Waals surface area contributed by atoms with Gasteiger partial charge >= 0.3 is 0 Å². The zero-order valence-electron chi connectivity index (χ0n) is 9.95. The van der Waals surface area contributed by atoms with Crippen LogP contribution in [0.2, 0.25) is 0 Å². The van der Waals surface area contributed by atoms with Crippen LogP contribution in [0.25, 0.3) is 0 Å². The maximum atomic E-state index is 11.2. The van der Waals surface area contributed by atoms with Gasteiger partial charge in [0.2, 0.25) is 10.0 Å². The van der Waals surface area contributed by atoms with Crippen molar-refractivity contribution in [3.05, 3.63) is 42.5 Å². The van der Waals surface area contributed by atoms with Gasteiger partial charge in [-0.05, 0) is 24.3 Å². The lowest BCUT2D eigenvalue weighted by atomic mass is 10.2. The average molecular weight is 279 g/mol. The molecule has 1 aromatic heterocycles. The summed E-state index contributed by atoms with van der Waals surface area (Å²) in [6.07, 6.45) is 3.09. The van der Waals surface area contributed by atoms with Crippen molar-refractivity contribution in [3.63, 3.8) is 0 Å². The number of nitrogens with zero attached hydrogens (tertiary/aromatic N) is 2. The standard InChI is InChI=1S/C11H13N5O2S/c12-10-5-9(19(13,17)18)1-2-11(10)15-6-8-3-4-14-7-16-8/h1-5,7,15H,6,12H2,(H2,13,17,18). The molecule has 5 N–H and O–H groups in total. The Morgan fingerprint density at radius 1 is 1.26 bits per heavy atom. The second kappa shape index (κ2) is 5.21.